The quantitative estimate of drug-likeness (QED) is 0.910. The van der Waals surface area contributed by atoms with Crippen LogP contribution in [-0.4, -0.2) is 13.1 Å². The summed E-state index contributed by atoms with van der Waals surface area (Å²) >= 11 is 6.04. The van der Waals surface area contributed by atoms with Gasteiger partial charge in [0.05, 0.1) is 0 Å². The molecule has 0 radical (unpaired) electrons. The van der Waals surface area contributed by atoms with Crippen LogP contribution in [0.2, 0.25) is 5.02 Å². The second kappa shape index (κ2) is 5.15. The highest BCUT2D eigenvalue weighted by Crippen LogP contribution is 2.34. The van der Waals surface area contributed by atoms with Gasteiger partial charge < -0.3 is 5.32 Å². The Labute approximate surface area is 121 Å². The third-order valence-electron chi connectivity index (χ3n) is 3.90. The van der Waals surface area contributed by atoms with Crippen molar-refractivity contribution in [2.45, 2.75) is 11.8 Å². The lowest BCUT2D eigenvalue weighted by molar-refractivity contribution is 0.271. The van der Waals surface area contributed by atoms with E-state index in [0.29, 0.717) is 17.0 Å². The zero-order valence-electron chi connectivity index (χ0n) is 10.8. The molecular weight excluding hydrogens is 280 g/mol. The van der Waals surface area contributed by atoms with Gasteiger partial charge in [0.15, 0.2) is 0 Å². The van der Waals surface area contributed by atoms with E-state index in [1.807, 2.05) is 24.3 Å². The van der Waals surface area contributed by atoms with Gasteiger partial charge in [-0.3, -0.25) is 0 Å². The van der Waals surface area contributed by atoms with Crippen molar-refractivity contribution in [1.29, 1.82) is 0 Å². The lowest BCUT2D eigenvalue weighted by atomic mass is 9.71. The first kappa shape index (κ1) is 13.5. The van der Waals surface area contributed by atoms with E-state index in [0.717, 1.165) is 24.7 Å². The van der Waals surface area contributed by atoms with Gasteiger partial charge in [0.25, 0.3) is 0 Å². The highest BCUT2D eigenvalue weighted by molar-refractivity contribution is 6.30. The highest BCUT2D eigenvalue weighted by Gasteiger charge is 2.39. The van der Waals surface area contributed by atoms with Gasteiger partial charge in [-0.25, -0.2) is 8.78 Å². The van der Waals surface area contributed by atoms with Crippen LogP contribution < -0.4 is 5.32 Å². The second-order valence-electron chi connectivity index (χ2n) is 5.31. The maximum atomic E-state index is 13.8. The molecule has 1 nitrogen and oxygen atoms in total. The summed E-state index contributed by atoms with van der Waals surface area (Å²) in [7, 11) is 0. The number of hydrogen-bond donors (Lipinski definition) is 1. The molecule has 0 aliphatic carbocycles. The Morgan fingerprint density at radius 3 is 2.55 bits per heavy atom. The summed E-state index contributed by atoms with van der Waals surface area (Å²) in [5.41, 5.74) is 1.26. The Morgan fingerprint density at radius 2 is 1.90 bits per heavy atom. The van der Waals surface area contributed by atoms with Gasteiger partial charge >= 0.3 is 0 Å². The summed E-state index contributed by atoms with van der Waals surface area (Å²) in [6.45, 7) is 1.48. The van der Waals surface area contributed by atoms with Crippen molar-refractivity contribution >= 4 is 11.6 Å². The van der Waals surface area contributed by atoms with Crippen LogP contribution in [0.15, 0.2) is 42.5 Å². The average molecular weight is 294 g/mol. The topological polar surface area (TPSA) is 12.0 Å². The first-order valence-corrected chi connectivity index (χ1v) is 6.88. The van der Waals surface area contributed by atoms with E-state index in [2.05, 4.69) is 5.32 Å². The Kier molecular flexibility index (Phi) is 3.48. The Balaban J connectivity index is 1.96. The minimum atomic E-state index is -0.407. The molecule has 1 aliphatic heterocycles. The van der Waals surface area contributed by atoms with E-state index >= 15 is 0 Å². The van der Waals surface area contributed by atoms with Crippen LogP contribution in [0.4, 0.5) is 8.78 Å². The van der Waals surface area contributed by atoms with Crippen LogP contribution in [0.25, 0.3) is 0 Å². The van der Waals surface area contributed by atoms with Gasteiger partial charge in [-0.15, -0.1) is 0 Å². The van der Waals surface area contributed by atoms with Crippen LogP contribution in [0.5, 0.6) is 0 Å². The minimum Gasteiger partial charge on any atom is -0.315 e. The zero-order valence-corrected chi connectivity index (χ0v) is 11.6. The molecule has 0 aromatic heterocycles. The van der Waals surface area contributed by atoms with E-state index in [1.165, 1.54) is 12.1 Å². The molecular formula is C16H14ClF2N. The van der Waals surface area contributed by atoms with Gasteiger partial charge in [0, 0.05) is 23.5 Å². The molecule has 1 saturated heterocycles. The molecule has 4 heteroatoms. The maximum absolute atomic E-state index is 13.8. The van der Waals surface area contributed by atoms with Crippen molar-refractivity contribution in [2.75, 3.05) is 13.1 Å². The largest absolute Gasteiger partial charge is 0.315 e. The first-order valence-electron chi connectivity index (χ1n) is 6.50. The van der Waals surface area contributed by atoms with E-state index in [1.54, 1.807) is 0 Å². The summed E-state index contributed by atoms with van der Waals surface area (Å²) in [6, 6.07) is 11.2. The minimum absolute atomic E-state index is 0.209. The third kappa shape index (κ3) is 2.43. The SMILES string of the molecule is Fc1ccc(F)c(CC2(c3cccc(Cl)c3)CNC2)c1. The van der Waals surface area contributed by atoms with Gasteiger partial charge in [0.1, 0.15) is 11.6 Å². The lowest BCUT2D eigenvalue weighted by Crippen LogP contribution is -2.58. The van der Waals surface area contributed by atoms with Gasteiger partial charge in [-0.05, 0) is 47.9 Å². The van der Waals surface area contributed by atoms with Crippen molar-refractivity contribution in [3.8, 4) is 0 Å². The fourth-order valence-corrected chi connectivity index (χ4v) is 2.91. The van der Waals surface area contributed by atoms with Crippen molar-refractivity contribution in [1.82, 2.24) is 5.32 Å². The third-order valence-corrected chi connectivity index (χ3v) is 4.14. The summed E-state index contributed by atoms with van der Waals surface area (Å²) in [4.78, 5) is 0. The molecule has 0 spiro atoms. The van der Waals surface area contributed by atoms with Crippen LogP contribution in [0, 0.1) is 11.6 Å². The van der Waals surface area contributed by atoms with Crippen molar-refractivity contribution in [2.24, 2.45) is 0 Å². The van der Waals surface area contributed by atoms with Crippen LogP contribution >= 0.6 is 11.6 Å². The fraction of sp³-hybridized carbons (Fsp3) is 0.250. The normalized spacial score (nSPS) is 16.8. The lowest BCUT2D eigenvalue weighted by Gasteiger charge is -2.43. The summed E-state index contributed by atoms with van der Waals surface area (Å²) in [6.07, 6.45) is 0.462. The van der Waals surface area contributed by atoms with Gasteiger partial charge in [-0.1, -0.05) is 23.7 Å². The summed E-state index contributed by atoms with van der Waals surface area (Å²) < 4.78 is 27.1. The molecule has 0 saturated carbocycles. The molecule has 0 bridgehead atoms. The molecule has 0 amide bonds. The van der Waals surface area contributed by atoms with Crippen LogP contribution in [0.3, 0.4) is 0 Å². The smallest absolute Gasteiger partial charge is 0.126 e. The highest BCUT2D eigenvalue weighted by atomic mass is 35.5. The monoisotopic (exact) mass is 293 g/mol. The molecule has 2 aromatic rings. The molecule has 1 fully saturated rings. The number of rotatable bonds is 3. The molecule has 3 rings (SSSR count). The molecule has 20 heavy (non-hydrogen) atoms. The molecule has 1 aliphatic rings. The molecule has 0 unspecified atom stereocenters. The van der Waals surface area contributed by atoms with E-state index in [9.17, 15) is 8.78 Å². The van der Waals surface area contributed by atoms with Crippen LogP contribution in [0.1, 0.15) is 11.1 Å². The summed E-state index contributed by atoms with van der Waals surface area (Å²) in [5.74, 6) is -0.769. The standard InChI is InChI=1S/C16H14ClF2N/c17-13-3-1-2-12(7-13)16(9-20-10-16)8-11-6-14(18)4-5-15(11)19/h1-7,20H,8-10H2. The summed E-state index contributed by atoms with van der Waals surface area (Å²) in [5, 5.41) is 3.88. The van der Waals surface area contributed by atoms with E-state index < -0.39 is 5.82 Å². The molecule has 1 heterocycles. The molecule has 0 atom stereocenters. The Bertz CT molecular complexity index is 638. The maximum Gasteiger partial charge on any atom is 0.126 e. The molecule has 104 valence electrons. The molecule has 2 aromatic carbocycles. The number of nitrogens with one attached hydrogen (secondary N) is 1. The van der Waals surface area contributed by atoms with E-state index in [4.69, 9.17) is 11.6 Å². The first-order chi connectivity index (χ1) is 9.59. The zero-order chi connectivity index (χ0) is 14.2. The van der Waals surface area contributed by atoms with Gasteiger partial charge in [-0.2, -0.15) is 0 Å². The van der Waals surface area contributed by atoms with Crippen LogP contribution in [-0.2, 0) is 11.8 Å². The Morgan fingerprint density at radius 1 is 1.10 bits per heavy atom. The number of hydrogen-bond acceptors (Lipinski definition) is 1. The van der Waals surface area contributed by atoms with Gasteiger partial charge in [0.2, 0.25) is 0 Å². The van der Waals surface area contributed by atoms with E-state index in [-0.39, 0.29) is 11.2 Å². The molecule has 1 N–H and O–H groups in total. The predicted molar refractivity (Wildman–Crippen MR) is 76.1 cm³/mol. The fourth-order valence-electron chi connectivity index (χ4n) is 2.72. The Hall–Kier alpha value is -1.45. The van der Waals surface area contributed by atoms with Crippen molar-refractivity contribution in [3.63, 3.8) is 0 Å². The average Bonchev–Trinajstić information content (AvgIpc) is 2.38. The second-order valence-corrected chi connectivity index (χ2v) is 5.74. The number of benzene rings is 2. The van der Waals surface area contributed by atoms with Crippen molar-refractivity contribution in [3.05, 3.63) is 70.2 Å². The number of halogens is 3. The predicted octanol–water partition coefficient (Wildman–Crippen LogP) is 3.70. The van der Waals surface area contributed by atoms with Crippen molar-refractivity contribution < 1.29 is 8.78 Å².